The molecule has 27 heavy (non-hydrogen) atoms. The van der Waals surface area contributed by atoms with Gasteiger partial charge in [0.1, 0.15) is 5.82 Å². The fourth-order valence-electron chi connectivity index (χ4n) is 2.34. The van der Waals surface area contributed by atoms with Gasteiger partial charge in [0.15, 0.2) is 11.5 Å². The second kappa shape index (κ2) is 8.93. The second-order valence-corrected chi connectivity index (χ2v) is 5.39. The number of nitrogens with zero attached hydrogens (tertiary/aromatic N) is 1. The lowest BCUT2D eigenvalue weighted by Crippen LogP contribution is -2.34. The zero-order valence-electron chi connectivity index (χ0n) is 14.3. The number of halogens is 3. The molecule has 2 aromatic carbocycles. The van der Waals surface area contributed by atoms with E-state index in [1.165, 1.54) is 54.5 Å². The summed E-state index contributed by atoms with van der Waals surface area (Å²) in [5.41, 5.74) is 5.59. The van der Waals surface area contributed by atoms with Crippen molar-refractivity contribution in [1.29, 1.82) is 0 Å². The molecule has 0 fully saturated rings. The van der Waals surface area contributed by atoms with Gasteiger partial charge in [-0.15, -0.1) is 0 Å². The third kappa shape index (κ3) is 5.37. The third-order valence-electron chi connectivity index (χ3n) is 3.59. The van der Waals surface area contributed by atoms with Crippen molar-refractivity contribution in [3.63, 3.8) is 0 Å². The second-order valence-electron chi connectivity index (χ2n) is 5.39. The van der Waals surface area contributed by atoms with Crippen molar-refractivity contribution in [3.8, 4) is 11.5 Å². The zero-order chi connectivity index (χ0) is 20.0. The summed E-state index contributed by atoms with van der Waals surface area (Å²) in [5, 5.41) is 0. The number of alkyl halides is 2. The van der Waals surface area contributed by atoms with Crippen LogP contribution in [0.5, 0.6) is 11.5 Å². The van der Waals surface area contributed by atoms with Crippen LogP contribution in [0.1, 0.15) is 16.8 Å². The number of anilines is 1. The minimum Gasteiger partial charge on any atom is -0.493 e. The Bertz CT molecular complexity index is 813. The number of hydrogen-bond donors (Lipinski definition) is 1. The molecule has 0 aliphatic carbocycles. The van der Waals surface area contributed by atoms with E-state index in [2.05, 4.69) is 4.74 Å². The Balaban J connectivity index is 2.36. The van der Waals surface area contributed by atoms with Crippen molar-refractivity contribution in [2.75, 3.05) is 18.6 Å². The van der Waals surface area contributed by atoms with Gasteiger partial charge in [0.2, 0.25) is 5.91 Å². The summed E-state index contributed by atoms with van der Waals surface area (Å²) in [5.74, 6) is -1.95. The fourth-order valence-corrected chi connectivity index (χ4v) is 2.34. The SMILES string of the molecule is COc1cc(C(=O)N(CCC(N)=O)c2ccc(F)cc2)ccc1OC(F)F. The number of ether oxygens (including phenoxy) is 2. The molecule has 9 heteroatoms. The standard InChI is InChI=1S/C18H17F3N2O4/c1-26-15-10-11(2-7-14(15)27-18(20)21)17(25)23(9-8-16(22)24)13-5-3-12(19)4-6-13/h2-7,10,18H,8-9H2,1H3,(H2,22,24). The molecule has 0 saturated heterocycles. The first-order chi connectivity index (χ1) is 12.8. The topological polar surface area (TPSA) is 81.9 Å². The van der Waals surface area contributed by atoms with Gasteiger partial charge in [-0.2, -0.15) is 8.78 Å². The smallest absolute Gasteiger partial charge is 0.387 e. The van der Waals surface area contributed by atoms with E-state index in [0.29, 0.717) is 5.69 Å². The molecule has 2 rings (SSSR count). The average Bonchev–Trinajstić information content (AvgIpc) is 2.62. The molecular weight excluding hydrogens is 365 g/mol. The molecule has 0 heterocycles. The molecular formula is C18H17F3N2O4. The molecule has 0 aliphatic rings. The van der Waals surface area contributed by atoms with E-state index in [1.807, 2.05) is 0 Å². The van der Waals surface area contributed by atoms with Gasteiger partial charge in [-0.25, -0.2) is 4.39 Å². The maximum atomic E-state index is 13.2. The van der Waals surface area contributed by atoms with Gasteiger partial charge in [0.25, 0.3) is 5.91 Å². The van der Waals surface area contributed by atoms with Crippen LogP contribution >= 0.6 is 0 Å². The third-order valence-corrected chi connectivity index (χ3v) is 3.59. The van der Waals surface area contributed by atoms with Crippen molar-refractivity contribution in [2.24, 2.45) is 5.73 Å². The summed E-state index contributed by atoms with van der Waals surface area (Å²) >= 11 is 0. The number of carbonyl (C=O) groups is 2. The first kappa shape index (κ1) is 20.1. The number of primary amides is 1. The largest absolute Gasteiger partial charge is 0.493 e. The molecule has 0 saturated carbocycles. The van der Waals surface area contributed by atoms with Gasteiger partial charge < -0.3 is 20.1 Å². The van der Waals surface area contributed by atoms with Gasteiger partial charge in [0, 0.05) is 24.2 Å². The predicted octanol–water partition coefficient (Wildman–Crippen LogP) is 2.96. The van der Waals surface area contributed by atoms with Crippen LogP contribution in [0.3, 0.4) is 0 Å². The molecule has 2 N–H and O–H groups in total. The van der Waals surface area contributed by atoms with Crippen molar-refractivity contribution in [3.05, 3.63) is 53.8 Å². The van der Waals surface area contributed by atoms with Crippen molar-refractivity contribution in [2.45, 2.75) is 13.0 Å². The average molecular weight is 382 g/mol. The quantitative estimate of drug-likeness (QED) is 0.761. The Kier molecular flexibility index (Phi) is 6.64. The van der Waals surface area contributed by atoms with E-state index in [-0.39, 0.29) is 30.0 Å². The molecule has 0 bridgehead atoms. The van der Waals surface area contributed by atoms with Crippen molar-refractivity contribution < 1.29 is 32.2 Å². The highest BCUT2D eigenvalue weighted by atomic mass is 19.3. The molecule has 0 aromatic heterocycles. The van der Waals surface area contributed by atoms with Crippen molar-refractivity contribution >= 4 is 17.5 Å². The highest BCUT2D eigenvalue weighted by Crippen LogP contribution is 2.30. The molecule has 0 radical (unpaired) electrons. The first-order valence-electron chi connectivity index (χ1n) is 7.80. The molecule has 2 amide bonds. The summed E-state index contributed by atoms with van der Waals surface area (Å²) < 4.78 is 47.3. The van der Waals surface area contributed by atoms with Gasteiger partial charge in [-0.3, -0.25) is 9.59 Å². The van der Waals surface area contributed by atoms with Crippen LogP contribution in [-0.2, 0) is 4.79 Å². The lowest BCUT2D eigenvalue weighted by molar-refractivity contribution is -0.117. The predicted molar refractivity (Wildman–Crippen MR) is 91.5 cm³/mol. The van der Waals surface area contributed by atoms with Gasteiger partial charge in [0.05, 0.1) is 7.11 Å². The summed E-state index contributed by atoms with van der Waals surface area (Å²) in [7, 11) is 1.24. The summed E-state index contributed by atoms with van der Waals surface area (Å²) in [6.07, 6.45) is -0.118. The van der Waals surface area contributed by atoms with Crippen LogP contribution in [0.15, 0.2) is 42.5 Å². The van der Waals surface area contributed by atoms with E-state index in [4.69, 9.17) is 10.5 Å². The van der Waals surface area contributed by atoms with Crippen molar-refractivity contribution in [1.82, 2.24) is 0 Å². The lowest BCUT2D eigenvalue weighted by atomic mass is 10.1. The van der Waals surface area contributed by atoms with E-state index >= 15 is 0 Å². The fraction of sp³-hybridized carbons (Fsp3) is 0.222. The van der Waals surface area contributed by atoms with Crippen LogP contribution in [0, 0.1) is 5.82 Å². The molecule has 144 valence electrons. The number of rotatable bonds is 8. The summed E-state index contributed by atoms with van der Waals surface area (Å²) in [6.45, 7) is -3.09. The molecule has 0 spiro atoms. The highest BCUT2D eigenvalue weighted by molar-refractivity contribution is 6.06. The van der Waals surface area contributed by atoms with Gasteiger partial charge >= 0.3 is 6.61 Å². The number of hydrogen-bond acceptors (Lipinski definition) is 4. The Morgan fingerprint density at radius 3 is 2.33 bits per heavy atom. The maximum Gasteiger partial charge on any atom is 0.387 e. The lowest BCUT2D eigenvalue weighted by Gasteiger charge is -2.23. The molecule has 0 atom stereocenters. The number of methoxy groups -OCH3 is 1. The Hall–Kier alpha value is -3.23. The number of carbonyl (C=O) groups excluding carboxylic acids is 2. The Morgan fingerprint density at radius 2 is 1.78 bits per heavy atom. The molecule has 0 aliphatic heterocycles. The molecule has 6 nitrogen and oxygen atoms in total. The van der Waals surface area contributed by atoms with Gasteiger partial charge in [-0.1, -0.05) is 0 Å². The van der Waals surface area contributed by atoms with Crippen LogP contribution in [-0.4, -0.2) is 32.1 Å². The van der Waals surface area contributed by atoms with Crippen LogP contribution in [0.25, 0.3) is 0 Å². The molecule has 0 unspecified atom stereocenters. The highest BCUT2D eigenvalue weighted by Gasteiger charge is 2.21. The Morgan fingerprint density at radius 1 is 1.11 bits per heavy atom. The molecule has 2 aromatic rings. The normalized spacial score (nSPS) is 10.6. The number of nitrogens with two attached hydrogens (primary N) is 1. The zero-order valence-corrected chi connectivity index (χ0v) is 14.3. The van der Waals surface area contributed by atoms with Gasteiger partial charge in [-0.05, 0) is 42.5 Å². The van der Waals surface area contributed by atoms with E-state index in [1.54, 1.807) is 0 Å². The van der Waals surface area contributed by atoms with Crippen LogP contribution < -0.4 is 20.1 Å². The number of amides is 2. The maximum absolute atomic E-state index is 13.2. The first-order valence-corrected chi connectivity index (χ1v) is 7.80. The minimum atomic E-state index is -3.05. The van der Waals surface area contributed by atoms with E-state index < -0.39 is 24.2 Å². The van der Waals surface area contributed by atoms with Crippen LogP contribution in [0.2, 0.25) is 0 Å². The number of benzene rings is 2. The Labute approximate surface area is 153 Å². The van der Waals surface area contributed by atoms with Crippen LogP contribution in [0.4, 0.5) is 18.9 Å². The monoisotopic (exact) mass is 382 g/mol. The van der Waals surface area contributed by atoms with E-state index in [9.17, 15) is 22.8 Å². The minimum absolute atomic E-state index is 0.0442. The summed E-state index contributed by atoms with van der Waals surface area (Å²) in [6, 6.07) is 8.78. The van der Waals surface area contributed by atoms with E-state index in [0.717, 1.165) is 0 Å². The summed E-state index contributed by atoms with van der Waals surface area (Å²) in [4.78, 5) is 25.2.